The van der Waals surface area contributed by atoms with Crippen LogP contribution in [0.4, 0.5) is 5.69 Å². The van der Waals surface area contributed by atoms with E-state index in [9.17, 15) is 4.79 Å². The number of rotatable bonds is 4. The summed E-state index contributed by atoms with van der Waals surface area (Å²) in [5.74, 6) is 0.0613. The van der Waals surface area contributed by atoms with E-state index in [1.165, 1.54) is 16.0 Å². The fraction of sp³-hybridized carbons (Fsp3) is 0.0870. The summed E-state index contributed by atoms with van der Waals surface area (Å²) in [6, 6.07) is 23.7. The quantitative estimate of drug-likeness (QED) is 0.447. The number of amides is 1. The van der Waals surface area contributed by atoms with Gasteiger partial charge in [0.1, 0.15) is 5.58 Å². The molecule has 1 amide bonds. The van der Waals surface area contributed by atoms with Crippen LogP contribution in [0.2, 0.25) is 0 Å². The Hall–Kier alpha value is -2.98. The predicted molar refractivity (Wildman–Crippen MR) is 111 cm³/mol. The molecule has 0 unspecified atom stereocenters. The molecular weight excluding hydrogens is 354 g/mol. The highest BCUT2D eigenvalue weighted by molar-refractivity contribution is 7.99. The lowest BCUT2D eigenvalue weighted by Gasteiger charge is -2.08. The zero-order valence-corrected chi connectivity index (χ0v) is 16.0. The molecule has 4 aromatic rings. The maximum absolute atomic E-state index is 12.4. The minimum atomic E-state index is -0.249. The van der Waals surface area contributed by atoms with Crippen molar-refractivity contribution in [1.82, 2.24) is 0 Å². The van der Waals surface area contributed by atoms with Crippen molar-refractivity contribution in [1.29, 1.82) is 0 Å². The Labute approximate surface area is 162 Å². The van der Waals surface area contributed by atoms with Crippen molar-refractivity contribution in [3.8, 4) is 0 Å². The first-order chi connectivity index (χ1) is 13.1. The number of fused-ring (bicyclic) bond motifs is 1. The van der Waals surface area contributed by atoms with E-state index >= 15 is 0 Å². The highest BCUT2D eigenvalue weighted by atomic mass is 32.2. The summed E-state index contributed by atoms with van der Waals surface area (Å²) >= 11 is 1.72. The van der Waals surface area contributed by atoms with Crippen molar-refractivity contribution < 1.29 is 9.21 Å². The summed E-state index contributed by atoms with van der Waals surface area (Å²) in [6.07, 6.45) is 0. The lowest BCUT2D eigenvalue weighted by Crippen LogP contribution is -2.10. The lowest BCUT2D eigenvalue weighted by atomic mass is 10.2. The van der Waals surface area contributed by atoms with Gasteiger partial charge in [-0.1, -0.05) is 42.1 Å². The van der Waals surface area contributed by atoms with Gasteiger partial charge in [0.2, 0.25) is 0 Å². The van der Waals surface area contributed by atoms with Crippen LogP contribution in [0.3, 0.4) is 0 Å². The molecular formula is C23H19NO2S. The van der Waals surface area contributed by atoms with Gasteiger partial charge in [-0.2, -0.15) is 0 Å². The maximum atomic E-state index is 12.4. The van der Waals surface area contributed by atoms with Crippen LogP contribution in [0.5, 0.6) is 0 Å². The summed E-state index contributed by atoms with van der Waals surface area (Å²) in [6.45, 7) is 4.21. The van der Waals surface area contributed by atoms with Crippen LogP contribution in [-0.4, -0.2) is 5.91 Å². The lowest BCUT2D eigenvalue weighted by molar-refractivity contribution is 0.0998. The molecule has 3 aromatic carbocycles. The van der Waals surface area contributed by atoms with Crippen molar-refractivity contribution >= 4 is 34.3 Å². The number of hydrogen-bond acceptors (Lipinski definition) is 3. The van der Waals surface area contributed by atoms with E-state index in [1.54, 1.807) is 17.8 Å². The largest absolute Gasteiger partial charge is 0.451 e. The van der Waals surface area contributed by atoms with Gasteiger partial charge in [0, 0.05) is 20.9 Å². The number of para-hydroxylation sites is 1. The van der Waals surface area contributed by atoms with E-state index in [0.717, 1.165) is 16.0 Å². The molecule has 0 atom stereocenters. The Balaban J connectivity index is 1.47. The molecule has 0 aliphatic carbocycles. The maximum Gasteiger partial charge on any atom is 0.291 e. The van der Waals surface area contributed by atoms with Crippen molar-refractivity contribution in [2.75, 3.05) is 5.32 Å². The van der Waals surface area contributed by atoms with Crippen LogP contribution in [0.25, 0.3) is 11.0 Å². The first-order valence-corrected chi connectivity index (χ1v) is 9.55. The van der Waals surface area contributed by atoms with Gasteiger partial charge in [0.25, 0.3) is 5.91 Å². The summed E-state index contributed by atoms with van der Waals surface area (Å²) in [5, 5.41) is 3.81. The van der Waals surface area contributed by atoms with Gasteiger partial charge in [0.05, 0.1) is 0 Å². The average molecular weight is 373 g/mol. The molecule has 4 heteroatoms. The molecule has 134 valence electrons. The number of carbonyl (C=O) groups excluding carboxylic acids is 1. The van der Waals surface area contributed by atoms with Gasteiger partial charge in [0.15, 0.2) is 5.76 Å². The Morgan fingerprint density at radius 1 is 0.926 bits per heavy atom. The number of carbonyl (C=O) groups is 1. The van der Waals surface area contributed by atoms with Gasteiger partial charge in [-0.05, 0) is 67.4 Å². The Bertz CT molecular complexity index is 1080. The molecule has 0 aliphatic rings. The van der Waals surface area contributed by atoms with Crippen molar-refractivity contribution in [2.45, 2.75) is 23.6 Å². The first kappa shape index (κ1) is 17.4. The second-order valence-corrected chi connectivity index (χ2v) is 7.61. The Morgan fingerprint density at radius 2 is 1.70 bits per heavy atom. The second kappa shape index (κ2) is 7.33. The molecule has 1 N–H and O–H groups in total. The summed E-state index contributed by atoms with van der Waals surface area (Å²) in [4.78, 5) is 14.8. The molecule has 4 rings (SSSR count). The molecule has 27 heavy (non-hydrogen) atoms. The molecule has 0 bridgehead atoms. The molecule has 0 spiro atoms. The SMILES string of the molecule is Cc1ccc(C)c(Sc2ccc(NC(=O)c3cc4ccccc4o3)cc2)c1. The van der Waals surface area contributed by atoms with E-state index in [2.05, 4.69) is 37.4 Å². The zero-order chi connectivity index (χ0) is 18.8. The number of hydrogen-bond donors (Lipinski definition) is 1. The van der Waals surface area contributed by atoms with Gasteiger partial charge in [-0.15, -0.1) is 0 Å². The smallest absolute Gasteiger partial charge is 0.291 e. The highest BCUT2D eigenvalue weighted by Crippen LogP contribution is 2.31. The van der Waals surface area contributed by atoms with Gasteiger partial charge < -0.3 is 9.73 Å². The number of furan rings is 1. The third-order valence-electron chi connectivity index (χ3n) is 4.33. The van der Waals surface area contributed by atoms with Crippen LogP contribution in [0.15, 0.2) is 87.0 Å². The molecule has 0 radical (unpaired) electrons. The number of benzene rings is 3. The fourth-order valence-electron chi connectivity index (χ4n) is 2.84. The molecule has 0 saturated heterocycles. The van der Waals surface area contributed by atoms with Crippen molar-refractivity contribution in [3.63, 3.8) is 0 Å². The predicted octanol–water partition coefficient (Wildman–Crippen LogP) is 6.45. The van der Waals surface area contributed by atoms with Gasteiger partial charge in [-0.3, -0.25) is 4.79 Å². The highest BCUT2D eigenvalue weighted by Gasteiger charge is 2.12. The number of nitrogens with one attached hydrogen (secondary N) is 1. The Kier molecular flexibility index (Phi) is 4.73. The molecule has 1 aromatic heterocycles. The Morgan fingerprint density at radius 3 is 2.48 bits per heavy atom. The topological polar surface area (TPSA) is 42.2 Å². The molecule has 0 saturated carbocycles. The van der Waals surface area contributed by atoms with Crippen LogP contribution in [0, 0.1) is 13.8 Å². The van der Waals surface area contributed by atoms with E-state index in [1.807, 2.05) is 48.5 Å². The van der Waals surface area contributed by atoms with Gasteiger partial charge >= 0.3 is 0 Å². The van der Waals surface area contributed by atoms with Crippen molar-refractivity contribution in [2.24, 2.45) is 0 Å². The monoisotopic (exact) mass is 373 g/mol. The summed E-state index contributed by atoms with van der Waals surface area (Å²) in [7, 11) is 0. The molecule has 0 aliphatic heterocycles. The van der Waals surface area contributed by atoms with Crippen LogP contribution >= 0.6 is 11.8 Å². The fourth-order valence-corrected chi connectivity index (χ4v) is 3.84. The van der Waals surface area contributed by atoms with Crippen LogP contribution < -0.4 is 5.32 Å². The first-order valence-electron chi connectivity index (χ1n) is 8.73. The zero-order valence-electron chi connectivity index (χ0n) is 15.2. The normalized spacial score (nSPS) is 10.9. The van der Waals surface area contributed by atoms with Crippen LogP contribution in [-0.2, 0) is 0 Å². The average Bonchev–Trinajstić information content (AvgIpc) is 3.11. The third kappa shape index (κ3) is 3.91. The van der Waals surface area contributed by atoms with Gasteiger partial charge in [-0.25, -0.2) is 0 Å². The third-order valence-corrected chi connectivity index (χ3v) is 5.50. The minimum Gasteiger partial charge on any atom is -0.451 e. The minimum absolute atomic E-state index is 0.249. The second-order valence-electron chi connectivity index (χ2n) is 6.50. The molecule has 0 fully saturated rings. The summed E-state index contributed by atoms with van der Waals surface area (Å²) < 4.78 is 5.61. The van der Waals surface area contributed by atoms with E-state index in [0.29, 0.717) is 11.3 Å². The van der Waals surface area contributed by atoms with Crippen LogP contribution in [0.1, 0.15) is 21.7 Å². The number of aryl methyl sites for hydroxylation is 2. The van der Waals surface area contributed by atoms with E-state index in [-0.39, 0.29) is 5.91 Å². The standard InChI is InChI=1S/C23H19NO2S/c1-15-7-8-16(2)22(13-15)27-19-11-9-18(10-12-19)24-23(25)21-14-17-5-3-4-6-20(17)26-21/h3-14H,1-2H3,(H,24,25). The van der Waals surface area contributed by atoms with Crippen molar-refractivity contribution in [3.05, 3.63) is 89.7 Å². The number of anilines is 1. The van der Waals surface area contributed by atoms with E-state index < -0.39 is 0 Å². The molecule has 3 nitrogen and oxygen atoms in total. The molecule has 1 heterocycles. The summed E-state index contributed by atoms with van der Waals surface area (Å²) in [5.41, 5.74) is 3.96. The van der Waals surface area contributed by atoms with E-state index in [4.69, 9.17) is 4.42 Å².